The van der Waals surface area contributed by atoms with E-state index in [1.807, 2.05) is 0 Å². The Labute approximate surface area is 187 Å². The molecule has 1 heterocycles. The Morgan fingerprint density at radius 3 is 2.53 bits per heavy atom. The van der Waals surface area contributed by atoms with Gasteiger partial charge in [0.2, 0.25) is 0 Å². The first kappa shape index (κ1) is 22.5. The van der Waals surface area contributed by atoms with Crippen molar-refractivity contribution >= 4 is 23.9 Å². The van der Waals surface area contributed by atoms with Crippen molar-refractivity contribution in [1.82, 2.24) is 4.90 Å². The highest BCUT2D eigenvalue weighted by atomic mass is 35.5. The van der Waals surface area contributed by atoms with Gasteiger partial charge in [0.1, 0.15) is 5.78 Å². The Morgan fingerprint density at radius 2 is 1.87 bits per heavy atom. The number of ketones is 1. The van der Waals surface area contributed by atoms with Crippen molar-refractivity contribution in [2.24, 2.45) is 45.6 Å². The molecule has 30 heavy (non-hydrogen) atoms. The molecule has 8 atom stereocenters. The molecule has 0 bridgehead atoms. The number of nitrogens with zero attached hydrogens (tertiary/aromatic N) is 2. The van der Waals surface area contributed by atoms with Crippen LogP contribution in [-0.4, -0.2) is 52.4 Å². The smallest absolute Gasteiger partial charge is 0.139 e. The Morgan fingerprint density at radius 1 is 1.13 bits per heavy atom. The van der Waals surface area contributed by atoms with Gasteiger partial charge in [0.15, 0.2) is 0 Å². The highest BCUT2D eigenvalue weighted by Crippen LogP contribution is 2.66. The third-order valence-electron chi connectivity index (χ3n) is 10.4. The molecule has 3 unspecified atom stereocenters. The maximum atomic E-state index is 12.7. The molecule has 170 valence electrons. The molecule has 5 fully saturated rings. The maximum absolute atomic E-state index is 12.7. The largest absolute Gasteiger partial charge is 0.411 e. The minimum atomic E-state index is -0.193. The second-order valence-electron chi connectivity index (χ2n) is 11.2. The lowest BCUT2D eigenvalue weighted by Gasteiger charge is -2.62. The van der Waals surface area contributed by atoms with E-state index in [-0.39, 0.29) is 35.8 Å². The van der Waals surface area contributed by atoms with E-state index in [0.29, 0.717) is 41.9 Å². The third kappa shape index (κ3) is 3.02. The molecule has 5 aliphatic rings. The number of carbonyl (C=O) groups excluding carboxylic acids is 1. The van der Waals surface area contributed by atoms with Gasteiger partial charge in [0, 0.05) is 36.3 Å². The lowest BCUT2D eigenvalue weighted by atomic mass is 9.42. The van der Waals surface area contributed by atoms with E-state index in [0.717, 1.165) is 44.2 Å². The van der Waals surface area contributed by atoms with Gasteiger partial charge in [-0.25, -0.2) is 0 Å². The minimum absolute atomic E-state index is 0. The second-order valence-corrected chi connectivity index (χ2v) is 11.2. The van der Waals surface area contributed by atoms with Crippen LogP contribution >= 0.6 is 12.4 Å². The summed E-state index contributed by atoms with van der Waals surface area (Å²) < 4.78 is 0. The van der Waals surface area contributed by atoms with Crippen molar-refractivity contribution in [3.8, 4) is 0 Å². The van der Waals surface area contributed by atoms with E-state index >= 15 is 0 Å². The quantitative estimate of drug-likeness (QED) is 0.502. The molecule has 2 N–H and O–H groups in total. The predicted octanol–water partition coefficient (Wildman–Crippen LogP) is 4.14. The van der Waals surface area contributed by atoms with Crippen molar-refractivity contribution in [1.29, 1.82) is 0 Å². The fourth-order valence-corrected chi connectivity index (χ4v) is 8.77. The van der Waals surface area contributed by atoms with Crippen LogP contribution in [0.15, 0.2) is 5.16 Å². The first-order valence-corrected chi connectivity index (χ1v) is 12.0. The highest BCUT2D eigenvalue weighted by Gasteiger charge is 2.64. The van der Waals surface area contributed by atoms with Crippen LogP contribution in [0, 0.1) is 40.4 Å². The Hall–Kier alpha value is -0.650. The molecule has 4 saturated carbocycles. The average molecular weight is 439 g/mol. The van der Waals surface area contributed by atoms with E-state index < -0.39 is 0 Å². The molecule has 4 aliphatic carbocycles. The zero-order valence-electron chi connectivity index (χ0n) is 18.6. The van der Waals surface area contributed by atoms with Crippen LogP contribution in [0.5, 0.6) is 0 Å². The van der Waals surface area contributed by atoms with Crippen molar-refractivity contribution < 1.29 is 15.1 Å². The summed E-state index contributed by atoms with van der Waals surface area (Å²) in [5, 5.41) is 24.5. The first-order chi connectivity index (χ1) is 13.9. The Kier molecular flexibility index (Phi) is 6.04. The van der Waals surface area contributed by atoms with Crippen LogP contribution in [0.1, 0.15) is 71.6 Å². The number of aliphatic hydroxyl groups is 1. The van der Waals surface area contributed by atoms with E-state index in [4.69, 9.17) is 0 Å². The predicted molar refractivity (Wildman–Crippen MR) is 119 cm³/mol. The summed E-state index contributed by atoms with van der Waals surface area (Å²) in [4.78, 5) is 15.4. The Balaban J connectivity index is 0.00000218. The molecule has 0 aromatic carbocycles. The standard InChI is InChI=1S/C24H38N2O3.ClH/c1-23-8-7-19-22(18(23)5-6-21(23)28)15(14-27)11-16-12-17(26-9-3-4-10-26)13-20(25-29)24(16,19)2;/h15-19,22,27,29H,3-14H2,1-2H3;1H/t15?,16?,17?,18-,19+,22-,23-,24-;/m0./s1. The molecule has 5 nitrogen and oxygen atoms in total. The minimum Gasteiger partial charge on any atom is -0.411 e. The molecular formula is C24H39ClN2O3. The summed E-state index contributed by atoms with van der Waals surface area (Å²) in [6.45, 7) is 7.12. The summed E-state index contributed by atoms with van der Waals surface area (Å²) in [5.74, 6) is 2.39. The van der Waals surface area contributed by atoms with Gasteiger partial charge < -0.3 is 10.3 Å². The number of halogens is 1. The summed E-state index contributed by atoms with van der Waals surface area (Å²) in [5.41, 5.74) is 0.722. The number of hydrogen-bond donors (Lipinski definition) is 2. The fraction of sp³-hybridized carbons (Fsp3) is 0.917. The lowest BCUT2D eigenvalue weighted by molar-refractivity contribution is -0.141. The van der Waals surface area contributed by atoms with Crippen molar-refractivity contribution in [3.05, 3.63) is 0 Å². The average Bonchev–Trinajstić information content (AvgIpc) is 3.35. The molecule has 0 spiro atoms. The van der Waals surface area contributed by atoms with Crippen molar-refractivity contribution in [2.75, 3.05) is 19.7 Å². The zero-order valence-corrected chi connectivity index (χ0v) is 19.4. The van der Waals surface area contributed by atoms with Crippen LogP contribution in [0.2, 0.25) is 0 Å². The van der Waals surface area contributed by atoms with Crippen LogP contribution in [0.25, 0.3) is 0 Å². The topological polar surface area (TPSA) is 73.1 Å². The molecule has 1 aliphatic heterocycles. The first-order valence-electron chi connectivity index (χ1n) is 12.0. The molecular weight excluding hydrogens is 400 g/mol. The van der Waals surface area contributed by atoms with E-state index in [1.165, 1.54) is 25.9 Å². The molecule has 5 rings (SSSR count). The van der Waals surface area contributed by atoms with Crippen molar-refractivity contribution in [2.45, 2.75) is 77.7 Å². The number of hydrogen-bond acceptors (Lipinski definition) is 5. The molecule has 0 amide bonds. The summed E-state index contributed by atoms with van der Waals surface area (Å²) >= 11 is 0. The van der Waals surface area contributed by atoms with Gasteiger partial charge in [-0.2, -0.15) is 0 Å². The van der Waals surface area contributed by atoms with Gasteiger partial charge in [-0.3, -0.25) is 9.69 Å². The zero-order chi connectivity index (χ0) is 20.4. The number of aliphatic hydroxyl groups excluding tert-OH is 1. The van der Waals surface area contributed by atoms with Crippen LogP contribution in [-0.2, 0) is 4.79 Å². The number of oxime groups is 1. The van der Waals surface area contributed by atoms with Gasteiger partial charge in [0.25, 0.3) is 0 Å². The molecule has 0 aromatic rings. The number of carbonyl (C=O) groups is 1. The number of likely N-dealkylation sites (tertiary alicyclic amines) is 1. The molecule has 6 heteroatoms. The van der Waals surface area contributed by atoms with E-state index in [2.05, 4.69) is 23.9 Å². The molecule has 0 aromatic heterocycles. The molecule has 1 saturated heterocycles. The van der Waals surface area contributed by atoms with E-state index in [9.17, 15) is 15.1 Å². The van der Waals surface area contributed by atoms with Crippen molar-refractivity contribution in [3.63, 3.8) is 0 Å². The van der Waals surface area contributed by atoms with Crippen LogP contribution < -0.4 is 0 Å². The summed E-state index contributed by atoms with van der Waals surface area (Å²) in [6.07, 6.45) is 9.31. The maximum Gasteiger partial charge on any atom is 0.139 e. The number of Topliss-reactive ketones (excluding diaryl/α,β-unsaturated/α-hetero) is 1. The number of fused-ring (bicyclic) bond motifs is 5. The highest BCUT2D eigenvalue weighted by molar-refractivity contribution is 5.92. The van der Waals surface area contributed by atoms with Crippen LogP contribution in [0.4, 0.5) is 0 Å². The van der Waals surface area contributed by atoms with Gasteiger partial charge >= 0.3 is 0 Å². The SMILES string of the molecule is C[C@]12C(=NO)CC(N3CCCC3)CC1CC(CO)[C@@H]1[C@H]2CC[C@]2(C)C(=O)CC[C@@H]12.Cl. The third-order valence-corrected chi connectivity index (χ3v) is 10.4. The van der Waals surface area contributed by atoms with Gasteiger partial charge in [-0.1, -0.05) is 19.0 Å². The normalized spacial score (nSPS) is 50.0. The second kappa shape index (κ2) is 8.04. The van der Waals surface area contributed by atoms with Gasteiger partial charge in [0.05, 0.1) is 5.71 Å². The van der Waals surface area contributed by atoms with E-state index in [1.54, 1.807) is 0 Å². The monoisotopic (exact) mass is 438 g/mol. The van der Waals surface area contributed by atoms with Crippen LogP contribution in [0.3, 0.4) is 0 Å². The van der Waals surface area contributed by atoms with Gasteiger partial charge in [-0.15, -0.1) is 12.4 Å². The fourth-order valence-electron chi connectivity index (χ4n) is 8.77. The Bertz CT molecular complexity index is 709. The van der Waals surface area contributed by atoms with Gasteiger partial charge in [-0.05, 0) is 87.6 Å². The lowest BCUT2D eigenvalue weighted by Crippen LogP contribution is -2.61. The summed E-state index contributed by atoms with van der Waals surface area (Å²) in [7, 11) is 0. The number of rotatable bonds is 2. The summed E-state index contributed by atoms with van der Waals surface area (Å²) in [6, 6.07) is 0.485. The molecule has 0 radical (unpaired) electrons.